The van der Waals surface area contributed by atoms with Crippen LogP contribution in [0.5, 0.6) is 0 Å². The number of thiophene rings is 1. The van der Waals surface area contributed by atoms with Crippen molar-refractivity contribution in [1.29, 1.82) is 0 Å². The van der Waals surface area contributed by atoms with E-state index in [-0.39, 0.29) is 5.91 Å². The molecule has 152 valence electrons. The minimum Gasteiger partial charge on any atom is -0.338 e. The number of nitrogens with one attached hydrogen (secondary N) is 1. The van der Waals surface area contributed by atoms with E-state index in [0.717, 1.165) is 35.6 Å². The smallest absolute Gasteiger partial charge is 0.258 e. The molecule has 3 rings (SSSR count). The van der Waals surface area contributed by atoms with Crippen LogP contribution in [0.25, 0.3) is 0 Å². The van der Waals surface area contributed by atoms with E-state index >= 15 is 0 Å². The van der Waals surface area contributed by atoms with Crippen LogP contribution in [0.3, 0.4) is 0 Å². The fourth-order valence-electron chi connectivity index (χ4n) is 3.86. The molecule has 0 spiro atoms. The number of rotatable bonds is 11. The number of benzene rings is 1. The van der Waals surface area contributed by atoms with Crippen molar-refractivity contribution in [2.45, 2.75) is 52.4 Å². The molecule has 0 bridgehead atoms. The highest BCUT2D eigenvalue weighted by molar-refractivity contribution is 7.08. The summed E-state index contributed by atoms with van der Waals surface area (Å²) in [5.74, 6) is -0.00247. The second-order valence-corrected chi connectivity index (χ2v) is 8.29. The van der Waals surface area contributed by atoms with E-state index in [2.05, 4.69) is 40.4 Å². The molecule has 0 saturated heterocycles. The Hall–Kier alpha value is -1.85. The molecule has 0 saturated carbocycles. The number of carbonyl (C=O) groups excluding carboxylic acids is 1. The lowest BCUT2D eigenvalue weighted by Gasteiger charge is -2.25. The van der Waals surface area contributed by atoms with Crippen LogP contribution in [0, 0.1) is 0 Å². The van der Waals surface area contributed by atoms with Gasteiger partial charge in [0.05, 0.1) is 22.6 Å². The number of hydrogen-bond donors (Lipinski definition) is 1. The Bertz CT molecular complexity index is 758. The molecule has 0 aliphatic carbocycles. The lowest BCUT2D eigenvalue weighted by atomic mass is 10.1. The molecule has 1 aromatic carbocycles. The van der Waals surface area contributed by atoms with Crippen LogP contribution in [0.15, 0.2) is 35.0 Å². The van der Waals surface area contributed by atoms with Gasteiger partial charge in [-0.3, -0.25) is 4.79 Å². The van der Waals surface area contributed by atoms with Crippen molar-refractivity contribution in [1.82, 2.24) is 4.90 Å². The number of amides is 1. The van der Waals surface area contributed by atoms with Gasteiger partial charge < -0.3 is 15.1 Å². The number of fused-ring (bicyclic) bond motifs is 2. The van der Waals surface area contributed by atoms with Gasteiger partial charge in [0.1, 0.15) is 0 Å². The van der Waals surface area contributed by atoms with Crippen molar-refractivity contribution in [2.75, 3.05) is 36.4 Å². The van der Waals surface area contributed by atoms with Gasteiger partial charge in [0.25, 0.3) is 5.91 Å². The molecule has 0 unspecified atom stereocenters. The highest BCUT2D eigenvalue weighted by Crippen LogP contribution is 2.39. The van der Waals surface area contributed by atoms with E-state index in [4.69, 9.17) is 0 Å². The number of para-hydroxylation sites is 2. The second kappa shape index (κ2) is 10.6. The maximum Gasteiger partial charge on any atom is 0.258 e. The Morgan fingerprint density at radius 3 is 2.57 bits per heavy atom. The van der Waals surface area contributed by atoms with Gasteiger partial charge in [-0.1, -0.05) is 38.8 Å². The van der Waals surface area contributed by atoms with E-state index in [9.17, 15) is 4.79 Å². The second-order valence-electron chi connectivity index (χ2n) is 7.55. The van der Waals surface area contributed by atoms with E-state index in [1.54, 1.807) is 11.3 Å². The fourth-order valence-corrected chi connectivity index (χ4v) is 4.67. The van der Waals surface area contributed by atoms with Gasteiger partial charge in [-0.15, -0.1) is 11.3 Å². The van der Waals surface area contributed by atoms with Crippen LogP contribution in [-0.2, 0) is 0 Å². The largest absolute Gasteiger partial charge is 0.338 e. The summed E-state index contributed by atoms with van der Waals surface area (Å²) in [4.78, 5) is 17.5. The first kappa shape index (κ1) is 20.9. The minimum atomic E-state index is -0.00247. The molecule has 0 fully saturated rings. The van der Waals surface area contributed by atoms with Crippen molar-refractivity contribution < 1.29 is 4.79 Å². The number of hydrogen-bond acceptors (Lipinski definition) is 4. The van der Waals surface area contributed by atoms with Crippen LogP contribution >= 0.6 is 11.3 Å². The summed E-state index contributed by atoms with van der Waals surface area (Å²) in [5.41, 5.74) is 3.84. The molecule has 1 N–H and O–H groups in total. The molecular weight excluding hydrogens is 366 g/mol. The van der Waals surface area contributed by atoms with E-state index in [0.29, 0.717) is 0 Å². The van der Waals surface area contributed by atoms with Gasteiger partial charge in [-0.05, 0) is 57.5 Å². The van der Waals surface area contributed by atoms with Crippen LogP contribution in [-0.4, -0.2) is 37.0 Å². The summed E-state index contributed by atoms with van der Waals surface area (Å²) < 4.78 is 0. The Morgan fingerprint density at radius 1 is 0.929 bits per heavy atom. The van der Waals surface area contributed by atoms with Gasteiger partial charge >= 0.3 is 0 Å². The maximum atomic E-state index is 12.5. The zero-order valence-corrected chi connectivity index (χ0v) is 18.1. The number of unbranched alkanes of at least 4 members (excludes halogenated alkanes) is 3. The summed E-state index contributed by atoms with van der Waals surface area (Å²) in [7, 11) is 0. The van der Waals surface area contributed by atoms with Crippen molar-refractivity contribution in [3.8, 4) is 0 Å². The molecule has 1 aromatic heterocycles. The van der Waals surface area contributed by atoms with Crippen LogP contribution in [0.4, 0.5) is 17.1 Å². The van der Waals surface area contributed by atoms with E-state index in [1.807, 2.05) is 23.6 Å². The van der Waals surface area contributed by atoms with E-state index in [1.165, 1.54) is 51.7 Å². The van der Waals surface area contributed by atoms with Gasteiger partial charge in [0, 0.05) is 17.3 Å². The molecule has 1 amide bonds. The average Bonchev–Trinajstić information content (AvgIpc) is 3.15. The number of anilines is 3. The third-order valence-corrected chi connectivity index (χ3v) is 6.07. The monoisotopic (exact) mass is 399 g/mol. The molecule has 1 aliphatic heterocycles. The first-order valence-corrected chi connectivity index (χ1v) is 11.6. The lowest BCUT2D eigenvalue weighted by Crippen LogP contribution is -2.27. The quantitative estimate of drug-likeness (QED) is 0.461. The third-order valence-electron chi connectivity index (χ3n) is 5.34. The summed E-state index contributed by atoms with van der Waals surface area (Å²) in [6.45, 7) is 9.12. The Kier molecular flexibility index (Phi) is 7.92. The third kappa shape index (κ3) is 5.15. The average molecular weight is 400 g/mol. The molecule has 28 heavy (non-hydrogen) atoms. The standard InChI is InChI=1S/C23H33N3OS/c1-3-5-14-25(13-4-2)15-9-6-10-16-26-21-12-8-7-11-20(21)24-23(27)19-17-28-18-22(19)26/h7-8,11-12,17-18H,3-6,9-10,13-16H2,1-2H3,(H,24,27). The Morgan fingerprint density at radius 2 is 1.75 bits per heavy atom. The van der Waals surface area contributed by atoms with Gasteiger partial charge in [0.2, 0.25) is 0 Å². The van der Waals surface area contributed by atoms with Crippen LogP contribution in [0.1, 0.15) is 62.7 Å². The number of nitrogens with zero attached hydrogens (tertiary/aromatic N) is 2. The summed E-state index contributed by atoms with van der Waals surface area (Å²) in [6, 6.07) is 8.13. The van der Waals surface area contributed by atoms with Crippen LogP contribution in [0.2, 0.25) is 0 Å². The van der Waals surface area contributed by atoms with Gasteiger partial charge in [0.15, 0.2) is 0 Å². The summed E-state index contributed by atoms with van der Waals surface area (Å²) in [6.07, 6.45) is 7.39. The highest BCUT2D eigenvalue weighted by Gasteiger charge is 2.25. The van der Waals surface area contributed by atoms with Crippen molar-refractivity contribution in [2.24, 2.45) is 0 Å². The molecule has 0 atom stereocenters. The first-order chi connectivity index (χ1) is 13.7. The zero-order valence-electron chi connectivity index (χ0n) is 17.2. The zero-order chi connectivity index (χ0) is 19.8. The van der Waals surface area contributed by atoms with E-state index < -0.39 is 0 Å². The molecule has 2 heterocycles. The predicted molar refractivity (Wildman–Crippen MR) is 121 cm³/mol. The Balaban J connectivity index is 1.59. The van der Waals surface area contributed by atoms with Crippen molar-refractivity contribution in [3.63, 3.8) is 0 Å². The van der Waals surface area contributed by atoms with Crippen molar-refractivity contribution in [3.05, 3.63) is 40.6 Å². The molecule has 2 aromatic rings. The minimum absolute atomic E-state index is 0.00247. The summed E-state index contributed by atoms with van der Waals surface area (Å²) >= 11 is 1.60. The normalized spacial score (nSPS) is 13.2. The molecule has 5 heteroatoms. The van der Waals surface area contributed by atoms with Gasteiger partial charge in [-0.25, -0.2) is 0 Å². The number of carbonyl (C=O) groups is 1. The molecule has 0 radical (unpaired) electrons. The first-order valence-electron chi connectivity index (χ1n) is 10.7. The molecule has 4 nitrogen and oxygen atoms in total. The van der Waals surface area contributed by atoms with Crippen molar-refractivity contribution >= 4 is 34.3 Å². The Labute approximate surface area is 173 Å². The maximum absolute atomic E-state index is 12.5. The molecular formula is C23H33N3OS. The summed E-state index contributed by atoms with van der Waals surface area (Å²) in [5, 5.41) is 7.12. The van der Waals surface area contributed by atoms with Crippen LogP contribution < -0.4 is 10.2 Å². The highest BCUT2D eigenvalue weighted by atomic mass is 32.1. The fraction of sp³-hybridized carbons (Fsp3) is 0.522. The lowest BCUT2D eigenvalue weighted by molar-refractivity contribution is 0.102. The molecule has 1 aliphatic rings. The SMILES string of the molecule is CCCCN(CCC)CCCCCN1c2ccccc2NC(=O)c2cscc21. The van der Waals surface area contributed by atoms with Gasteiger partial charge in [-0.2, -0.15) is 0 Å². The predicted octanol–water partition coefficient (Wildman–Crippen LogP) is 6.13. The topological polar surface area (TPSA) is 35.6 Å².